The second-order valence-electron chi connectivity index (χ2n) is 12.9. The molecule has 3 aromatic heterocycles. The summed E-state index contributed by atoms with van der Waals surface area (Å²) >= 11 is 1.91. The van der Waals surface area contributed by atoms with E-state index in [1.807, 2.05) is 11.3 Å². The molecule has 0 bridgehead atoms. The van der Waals surface area contributed by atoms with Crippen molar-refractivity contribution in [2.45, 2.75) is 0 Å². The van der Waals surface area contributed by atoms with E-state index in [4.69, 9.17) is 0 Å². The van der Waals surface area contributed by atoms with Gasteiger partial charge in [0.2, 0.25) is 0 Å². The molecular formula is C46H28N2S. The second kappa shape index (κ2) is 10.2. The molecule has 0 fully saturated rings. The molecule has 0 aliphatic heterocycles. The van der Waals surface area contributed by atoms with Gasteiger partial charge in [0.1, 0.15) is 0 Å². The maximum absolute atomic E-state index is 2.44. The molecule has 3 heterocycles. The highest BCUT2D eigenvalue weighted by atomic mass is 32.1. The van der Waals surface area contributed by atoms with Gasteiger partial charge in [0.25, 0.3) is 0 Å². The molecule has 11 aromatic rings. The van der Waals surface area contributed by atoms with Gasteiger partial charge >= 0.3 is 0 Å². The average Bonchev–Trinajstić information content (AvgIpc) is 3.81. The number of rotatable bonds is 3. The lowest BCUT2D eigenvalue weighted by atomic mass is 9.99. The van der Waals surface area contributed by atoms with Crippen LogP contribution in [0.5, 0.6) is 0 Å². The van der Waals surface area contributed by atoms with Crippen LogP contribution >= 0.6 is 11.3 Å². The van der Waals surface area contributed by atoms with E-state index in [9.17, 15) is 0 Å². The third kappa shape index (κ3) is 3.82. The summed E-state index contributed by atoms with van der Waals surface area (Å²) in [6.07, 6.45) is 0. The molecule has 8 aromatic carbocycles. The lowest BCUT2D eigenvalue weighted by molar-refractivity contribution is 1.18. The van der Waals surface area contributed by atoms with Crippen molar-refractivity contribution in [2.75, 3.05) is 0 Å². The predicted molar refractivity (Wildman–Crippen MR) is 211 cm³/mol. The summed E-state index contributed by atoms with van der Waals surface area (Å²) in [5.74, 6) is 0. The van der Waals surface area contributed by atoms with E-state index in [0.717, 1.165) is 0 Å². The highest BCUT2D eigenvalue weighted by Gasteiger charge is 2.19. The van der Waals surface area contributed by atoms with Crippen molar-refractivity contribution in [1.82, 2.24) is 9.13 Å². The van der Waals surface area contributed by atoms with Crippen molar-refractivity contribution < 1.29 is 0 Å². The highest BCUT2D eigenvalue weighted by Crippen LogP contribution is 2.45. The number of hydrogen-bond acceptors (Lipinski definition) is 1. The Morgan fingerprint density at radius 2 is 1.04 bits per heavy atom. The number of fused-ring (bicyclic) bond motifs is 11. The number of para-hydroxylation sites is 3. The normalized spacial score (nSPS) is 12.1. The number of nitrogens with zero attached hydrogens (tertiary/aromatic N) is 2. The van der Waals surface area contributed by atoms with Gasteiger partial charge in [-0.25, -0.2) is 0 Å². The standard InChI is InChI=1S/C46H28N2S/c1-3-13-31(14-4-1)47-41-21-10-9-18-35(41)39-28-44-40(27-43(39)47)37-20-11-19-34(46(37)49-44)30-23-25-42-38(26-30)36-24-22-29-12-7-8-17-33(29)45(36)48(42)32-15-5-2-6-16-32/h1-28H. The van der Waals surface area contributed by atoms with Gasteiger partial charge < -0.3 is 9.13 Å². The molecule has 0 spiro atoms. The molecule has 2 nitrogen and oxygen atoms in total. The van der Waals surface area contributed by atoms with Crippen LogP contribution in [0.2, 0.25) is 0 Å². The van der Waals surface area contributed by atoms with E-state index in [2.05, 4.69) is 179 Å². The van der Waals surface area contributed by atoms with E-state index < -0.39 is 0 Å². The van der Waals surface area contributed by atoms with Gasteiger partial charge in [-0.05, 0) is 71.1 Å². The Labute approximate surface area is 286 Å². The number of hydrogen-bond donors (Lipinski definition) is 0. The van der Waals surface area contributed by atoms with Crippen LogP contribution in [0.1, 0.15) is 0 Å². The summed E-state index contributed by atoms with van der Waals surface area (Å²) in [5.41, 5.74) is 9.85. The van der Waals surface area contributed by atoms with Crippen molar-refractivity contribution in [3.63, 3.8) is 0 Å². The zero-order valence-corrected chi connectivity index (χ0v) is 27.3. The zero-order valence-electron chi connectivity index (χ0n) is 26.5. The molecule has 0 unspecified atom stereocenters. The van der Waals surface area contributed by atoms with E-state index >= 15 is 0 Å². The molecule has 0 aliphatic rings. The minimum absolute atomic E-state index is 1.18. The average molecular weight is 641 g/mol. The number of aromatic nitrogens is 2. The molecule has 0 atom stereocenters. The number of thiophene rings is 1. The molecule has 228 valence electrons. The van der Waals surface area contributed by atoms with Gasteiger partial charge in [0.15, 0.2) is 0 Å². The van der Waals surface area contributed by atoms with Gasteiger partial charge in [-0.1, -0.05) is 115 Å². The SMILES string of the molecule is c1ccc(-n2c3ccccc3c3cc4sc5c(-c6ccc7c(c6)c6ccc8ccccc8c6n7-c6ccccc6)cccc5c4cc32)cc1. The van der Waals surface area contributed by atoms with Crippen molar-refractivity contribution in [3.05, 3.63) is 170 Å². The fourth-order valence-electron chi connectivity index (χ4n) is 8.14. The zero-order chi connectivity index (χ0) is 32.1. The Hall–Kier alpha value is -6.16. The predicted octanol–water partition coefficient (Wildman–Crippen LogP) is 13.1. The Morgan fingerprint density at radius 1 is 0.367 bits per heavy atom. The fourth-order valence-corrected chi connectivity index (χ4v) is 9.39. The maximum Gasteiger partial charge on any atom is 0.0619 e. The van der Waals surface area contributed by atoms with Crippen molar-refractivity contribution in [2.24, 2.45) is 0 Å². The van der Waals surface area contributed by atoms with E-state index in [0.29, 0.717) is 0 Å². The van der Waals surface area contributed by atoms with Gasteiger partial charge in [0.05, 0.1) is 22.1 Å². The van der Waals surface area contributed by atoms with E-state index in [-0.39, 0.29) is 0 Å². The van der Waals surface area contributed by atoms with Crippen LogP contribution < -0.4 is 0 Å². The van der Waals surface area contributed by atoms with Crippen molar-refractivity contribution in [1.29, 1.82) is 0 Å². The first-order valence-electron chi connectivity index (χ1n) is 16.8. The summed E-state index contributed by atoms with van der Waals surface area (Å²) in [5, 5.41) is 10.3. The summed E-state index contributed by atoms with van der Waals surface area (Å²) in [4.78, 5) is 0. The number of benzene rings is 8. The highest BCUT2D eigenvalue weighted by molar-refractivity contribution is 7.26. The van der Waals surface area contributed by atoms with Gasteiger partial charge in [-0.2, -0.15) is 0 Å². The molecule has 0 radical (unpaired) electrons. The van der Waals surface area contributed by atoms with Crippen LogP contribution in [0.4, 0.5) is 0 Å². The molecule has 0 saturated carbocycles. The third-order valence-electron chi connectivity index (χ3n) is 10.3. The van der Waals surface area contributed by atoms with Gasteiger partial charge in [-0.15, -0.1) is 11.3 Å². The summed E-state index contributed by atoms with van der Waals surface area (Å²) in [6.45, 7) is 0. The lowest BCUT2D eigenvalue weighted by Gasteiger charge is -2.10. The van der Waals surface area contributed by atoms with Crippen molar-refractivity contribution >= 4 is 85.9 Å². The summed E-state index contributed by atoms with van der Waals surface area (Å²) < 4.78 is 7.50. The maximum atomic E-state index is 2.44. The van der Waals surface area contributed by atoms with Crippen molar-refractivity contribution in [3.8, 4) is 22.5 Å². The second-order valence-corrected chi connectivity index (χ2v) is 14.0. The fraction of sp³-hybridized carbons (Fsp3) is 0. The molecule has 0 N–H and O–H groups in total. The summed E-state index contributed by atoms with van der Waals surface area (Å²) in [7, 11) is 0. The van der Waals surface area contributed by atoms with E-state index in [1.165, 1.54) is 97.1 Å². The Balaban J connectivity index is 1.17. The molecule has 49 heavy (non-hydrogen) atoms. The Kier molecular flexibility index (Phi) is 5.57. The molecular weight excluding hydrogens is 613 g/mol. The van der Waals surface area contributed by atoms with Gasteiger partial charge in [0, 0.05) is 58.5 Å². The van der Waals surface area contributed by atoms with Gasteiger partial charge in [-0.3, -0.25) is 0 Å². The minimum atomic E-state index is 1.18. The largest absolute Gasteiger partial charge is 0.309 e. The summed E-state index contributed by atoms with van der Waals surface area (Å²) in [6, 6.07) is 62.3. The van der Waals surface area contributed by atoms with Crippen LogP contribution in [-0.4, -0.2) is 9.13 Å². The van der Waals surface area contributed by atoms with E-state index in [1.54, 1.807) is 0 Å². The molecule has 11 rings (SSSR count). The molecule has 0 aliphatic carbocycles. The lowest BCUT2D eigenvalue weighted by Crippen LogP contribution is -1.93. The molecule has 0 saturated heterocycles. The van der Waals surface area contributed by atoms with Crippen LogP contribution in [0, 0.1) is 0 Å². The van der Waals surface area contributed by atoms with Crippen LogP contribution in [-0.2, 0) is 0 Å². The third-order valence-corrected chi connectivity index (χ3v) is 11.5. The smallest absolute Gasteiger partial charge is 0.0619 e. The first-order chi connectivity index (χ1) is 24.3. The minimum Gasteiger partial charge on any atom is -0.309 e. The topological polar surface area (TPSA) is 9.86 Å². The first kappa shape index (κ1) is 26.9. The monoisotopic (exact) mass is 640 g/mol. The first-order valence-corrected chi connectivity index (χ1v) is 17.6. The quantitative estimate of drug-likeness (QED) is 0.182. The Morgan fingerprint density at radius 3 is 1.88 bits per heavy atom. The van der Waals surface area contributed by atoms with Crippen LogP contribution in [0.25, 0.3) is 97.1 Å². The Bertz CT molecular complexity index is 3090. The molecule has 0 amide bonds. The van der Waals surface area contributed by atoms with Crippen LogP contribution in [0.3, 0.4) is 0 Å². The van der Waals surface area contributed by atoms with Crippen LogP contribution in [0.15, 0.2) is 170 Å². The molecule has 3 heteroatoms.